The van der Waals surface area contributed by atoms with Gasteiger partial charge < -0.3 is 14.9 Å². The molecule has 0 unspecified atom stereocenters. The number of anilines is 2. The molecule has 1 aliphatic rings. The summed E-state index contributed by atoms with van der Waals surface area (Å²) in [4.78, 5) is 15.5. The highest BCUT2D eigenvalue weighted by Crippen LogP contribution is 2.31. The molecule has 0 saturated carbocycles. The Bertz CT molecular complexity index is 497. The normalized spacial score (nSPS) is 14.8. The van der Waals surface area contributed by atoms with Gasteiger partial charge in [0.15, 0.2) is 0 Å². The van der Waals surface area contributed by atoms with Crippen LogP contribution in [-0.4, -0.2) is 38.3 Å². The minimum Gasteiger partial charge on any atom is -0.396 e. The molecule has 2 rings (SSSR count). The second kappa shape index (κ2) is 4.85. The fourth-order valence-corrected chi connectivity index (χ4v) is 2.48. The molecule has 1 aromatic carbocycles. The zero-order valence-electron chi connectivity index (χ0n) is 12.1. The largest absolute Gasteiger partial charge is 0.396 e. The summed E-state index contributed by atoms with van der Waals surface area (Å²) in [6, 6.07) is 6.10. The maximum absolute atomic E-state index is 11.7. The van der Waals surface area contributed by atoms with Crippen LogP contribution < -0.4 is 9.80 Å². The third kappa shape index (κ3) is 2.73. The SMILES string of the molecule is CN(CC(C)(C)CO)c1ccc2c(c1)CC(=O)N2C. The van der Waals surface area contributed by atoms with Crippen LogP contribution in [0.1, 0.15) is 19.4 Å². The highest BCUT2D eigenvalue weighted by atomic mass is 16.3. The number of amides is 1. The van der Waals surface area contributed by atoms with Gasteiger partial charge in [0.2, 0.25) is 5.91 Å². The molecule has 0 radical (unpaired) electrons. The molecule has 1 amide bonds. The Morgan fingerprint density at radius 3 is 2.74 bits per heavy atom. The minimum atomic E-state index is -0.139. The van der Waals surface area contributed by atoms with Gasteiger partial charge >= 0.3 is 0 Å². The summed E-state index contributed by atoms with van der Waals surface area (Å²) in [6.45, 7) is 5.00. The average molecular weight is 262 g/mol. The van der Waals surface area contributed by atoms with E-state index in [1.54, 1.807) is 4.90 Å². The standard InChI is InChI=1S/C15H22N2O2/c1-15(2,10-18)9-16(3)12-5-6-13-11(7-12)8-14(19)17(13)4/h5-7,18H,8-10H2,1-4H3. The molecule has 0 aromatic heterocycles. The predicted octanol–water partition coefficient (Wildman–Crippen LogP) is 1.66. The summed E-state index contributed by atoms with van der Waals surface area (Å²) in [6.07, 6.45) is 0.483. The van der Waals surface area contributed by atoms with E-state index in [0.717, 1.165) is 23.5 Å². The Hall–Kier alpha value is -1.55. The van der Waals surface area contributed by atoms with Gasteiger partial charge in [-0.2, -0.15) is 0 Å². The third-order valence-corrected chi connectivity index (χ3v) is 3.67. The molecule has 1 aromatic rings. The molecule has 104 valence electrons. The molecule has 4 nitrogen and oxygen atoms in total. The lowest BCUT2D eigenvalue weighted by Gasteiger charge is -2.30. The molecular formula is C15H22N2O2. The molecule has 0 fully saturated rings. The van der Waals surface area contributed by atoms with E-state index >= 15 is 0 Å². The van der Waals surface area contributed by atoms with E-state index in [1.807, 2.05) is 40.1 Å². The summed E-state index contributed by atoms with van der Waals surface area (Å²) in [5.41, 5.74) is 3.03. The van der Waals surface area contributed by atoms with Gasteiger partial charge in [-0.3, -0.25) is 4.79 Å². The van der Waals surface area contributed by atoms with E-state index < -0.39 is 0 Å². The molecule has 0 spiro atoms. The Morgan fingerprint density at radius 2 is 2.11 bits per heavy atom. The van der Waals surface area contributed by atoms with Crippen LogP contribution in [0.25, 0.3) is 0 Å². The van der Waals surface area contributed by atoms with Crippen molar-refractivity contribution in [2.24, 2.45) is 5.41 Å². The van der Waals surface area contributed by atoms with Gasteiger partial charge in [0.05, 0.1) is 6.42 Å². The van der Waals surface area contributed by atoms with Crippen molar-refractivity contribution in [1.82, 2.24) is 0 Å². The van der Waals surface area contributed by atoms with Crippen LogP contribution in [0, 0.1) is 5.41 Å². The van der Waals surface area contributed by atoms with Crippen molar-refractivity contribution in [1.29, 1.82) is 0 Å². The number of aliphatic hydroxyl groups excluding tert-OH is 1. The molecular weight excluding hydrogens is 240 g/mol. The Kier molecular flexibility index (Phi) is 3.54. The zero-order valence-corrected chi connectivity index (χ0v) is 12.1. The number of rotatable bonds is 4. The summed E-state index contributed by atoms with van der Waals surface area (Å²) in [5, 5.41) is 9.34. The number of hydrogen-bond acceptors (Lipinski definition) is 3. The highest BCUT2D eigenvalue weighted by Gasteiger charge is 2.25. The highest BCUT2D eigenvalue weighted by molar-refractivity contribution is 6.01. The van der Waals surface area contributed by atoms with Gasteiger partial charge in [0.1, 0.15) is 0 Å². The van der Waals surface area contributed by atoms with E-state index in [-0.39, 0.29) is 17.9 Å². The molecule has 1 aliphatic heterocycles. The van der Waals surface area contributed by atoms with Crippen molar-refractivity contribution in [3.8, 4) is 0 Å². The third-order valence-electron chi connectivity index (χ3n) is 3.67. The summed E-state index contributed by atoms with van der Waals surface area (Å²) in [7, 11) is 3.83. The smallest absolute Gasteiger partial charge is 0.231 e. The second-order valence-electron chi connectivity index (χ2n) is 6.12. The van der Waals surface area contributed by atoms with Gasteiger partial charge in [0, 0.05) is 44.0 Å². The number of carbonyl (C=O) groups is 1. The van der Waals surface area contributed by atoms with Crippen molar-refractivity contribution in [2.75, 3.05) is 37.0 Å². The van der Waals surface area contributed by atoms with Crippen LogP contribution in [0.5, 0.6) is 0 Å². The van der Waals surface area contributed by atoms with Crippen LogP contribution in [0.2, 0.25) is 0 Å². The van der Waals surface area contributed by atoms with Crippen LogP contribution in [0.4, 0.5) is 11.4 Å². The van der Waals surface area contributed by atoms with Gasteiger partial charge in [-0.1, -0.05) is 13.8 Å². The van der Waals surface area contributed by atoms with Crippen molar-refractivity contribution in [3.63, 3.8) is 0 Å². The average Bonchev–Trinajstić information content (AvgIpc) is 2.64. The molecule has 1 heterocycles. The minimum absolute atomic E-state index is 0.139. The second-order valence-corrected chi connectivity index (χ2v) is 6.12. The fraction of sp³-hybridized carbons (Fsp3) is 0.533. The number of hydrogen-bond donors (Lipinski definition) is 1. The van der Waals surface area contributed by atoms with Crippen LogP contribution in [-0.2, 0) is 11.2 Å². The van der Waals surface area contributed by atoms with E-state index in [0.29, 0.717) is 6.42 Å². The molecule has 4 heteroatoms. The van der Waals surface area contributed by atoms with E-state index in [4.69, 9.17) is 0 Å². The molecule has 0 saturated heterocycles. The first-order valence-electron chi connectivity index (χ1n) is 6.55. The van der Waals surface area contributed by atoms with E-state index in [9.17, 15) is 9.90 Å². The molecule has 0 aliphatic carbocycles. The topological polar surface area (TPSA) is 43.8 Å². The van der Waals surface area contributed by atoms with E-state index in [1.165, 1.54) is 0 Å². The number of aliphatic hydroxyl groups is 1. The van der Waals surface area contributed by atoms with Gasteiger partial charge in [-0.15, -0.1) is 0 Å². The number of benzene rings is 1. The zero-order chi connectivity index (χ0) is 14.2. The predicted molar refractivity (Wildman–Crippen MR) is 77.7 cm³/mol. The van der Waals surface area contributed by atoms with Gasteiger partial charge in [-0.05, 0) is 23.8 Å². The number of fused-ring (bicyclic) bond motifs is 1. The Balaban J connectivity index is 2.20. The van der Waals surface area contributed by atoms with Gasteiger partial charge in [-0.25, -0.2) is 0 Å². The molecule has 1 N–H and O–H groups in total. The van der Waals surface area contributed by atoms with Crippen LogP contribution >= 0.6 is 0 Å². The Labute approximate surface area is 114 Å². The van der Waals surface area contributed by atoms with E-state index in [2.05, 4.69) is 11.0 Å². The van der Waals surface area contributed by atoms with Crippen LogP contribution in [0.3, 0.4) is 0 Å². The first-order valence-corrected chi connectivity index (χ1v) is 6.55. The van der Waals surface area contributed by atoms with Crippen LogP contribution in [0.15, 0.2) is 18.2 Å². The summed E-state index contributed by atoms with van der Waals surface area (Å²) in [5.74, 6) is 0.144. The molecule has 19 heavy (non-hydrogen) atoms. The fourth-order valence-electron chi connectivity index (χ4n) is 2.48. The van der Waals surface area contributed by atoms with Crippen molar-refractivity contribution < 1.29 is 9.90 Å². The van der Waals surface area contributed by atoms with Crippen molar-refractivity contribution in [2.45, 2.75) is 20.3 Å². The summed E-state index contributed by atoms with van der Waals surface area (Å²) >= 11 is 0. The maximum Gasteiger partial charge on any atom is 0.231 e. The lowest BCUT2D eigenvalue weighted by molar-refractivity contribution is -0.117. The van der Waals surface area contributed by atoms with Gasteiger partial charge in [0.25, 0.3) is 0 Å². The van der Waals surface area contributed by atoms with Crippen molar-refractivity contribution >= 4 is 17.3 Å². The summed E-state index contributed by atoms with van der Waals surface area (Å²) < 4.78 is 0. The Morgan fingerprint density at radius 1 is 1.42 bits per heavy atom. The molecule has 0 atom stereocenters. The number of carbonyl (C=O) groups excluding carboxylic acids is 1. The lowest BCUT2D eigenvalue weighted by atomic mass is 9.94. The maximum atomic E-state index is 11.7. The first kappa shape index (κ1) is 13.9. The van der Waals surface area contributed by atoms with Crippen molar-refractivity contribution in [3.05, 3.63) is 23.8 Å². The monoisotopic (exact) mass is 262 g/mol. The quantitative estimate of drug-likeness (QED) is 0.897. The molecule has 0 bridgehead atoms. The number of nitrogens with zero attached hydrogens (tertiary/aromatic N) is 2. The number of likely N-dealkylation sites (N-methyl/N-ethyl adjacent to an activating group) is 1. The lowest BCUT2D eigenvalue weighted by Crippen LogP contribution is -2.33. The first-order chi connectivity index (χ1) is 8.84.